The molecule has 100 valence electrons. The second-order valence-corrected chi connectivity index (χ2v) is 5.58. The first kappa shape index (κ1) is 13.2. The first-order valence-electron chi connectivity index (χ1n) is 6.19. The number of nitrogens with two attached hydrogens (primary N) is 1. The van der Waals surface area contributed by atoms with Crippen molar-refractivity contribution in [3.05, 3.63) is 76.3 Å². The van der Waals surface area contributed by atoms with E-state index in [2.05, 4.69) is 20.9 Å². The zero-order valence-electron chi connectivity index (χ0n) is 10.6. The molecule has 0 radical (unpaired) electrons. The van der Waals surface area contributed by atoms with Crippen molar-refractivity contribution in [1.82, 2.24) is 4.98 Å². The van der Waals surface area contributed by atoms with Gasteiger partial charge in [0, 0.05) is 10.7 Å². The molecule has 1 heterocycles. The predicted molar refractivity (Wildman–Crippen MR) is 81.9 cm³/mol. The molecule has 2 nitrogen and oxygen atoms in total. The van der Waals surface area contributed by atoms with Crippen molar-refractivity contribution in [1.29, 1.82) is 0 Å². The van der Waals surface area contributed by atoms with Gasteiger partial charge in [0.1, 0.15) is 5.82 Å². The monoisotopic (exact) mass is 330 g/mol. The van der Waals surface area contributed by atoms with E-state index in [1.807, 2.05) is 36.4 Å². The Morgan fingerprint density at radius 2 is 1.70 bits per heavy atom. The van der Waals surface area contributed by atoms with Crippen LogP contribution in [0.5, 0.6) is 0 Å². The number of rotatable bonds is 2. The molecule has 0 saturated heterocycles. The quantitative estimate of drug-likeness (QED) is 0.765. The van der Waals surface area contributed by atoms with Gasteiger partial charge in [0.05, 0.1) is 12.2 Å². The number of halogens is 2. The summed E-state index contributed by atoms with van der Waals surface area (Å²) in [6, 6.07) is 13.1. The van der Waals surface area contributed by atoms with Gasteiger partial charge in [-0.15, -0.1) is 0 Å². The molecule has 1 atom stereocenters. The molecule has 0 spiro atoms. The van der Waals surface area contributed by atoms with E-state index in [0.717, 1.165) is 20.8 Å². The second-order valence-electron chi connectivity index (χ2n) is 4.67. The molecular formula is C16H12BrFN2. The van der Waals surface area contributed by atoms with Gasteiger partial charge in [-0.3, -0.25) is 4.98 Å². The fourth-order valence-electron chi connectivity index (χ4n) is 2.22. The summed E-state index contributed by atoms with van der Waals surface area (Å²) in [5.74, 6) is -0.373. The number of nitrogens with zero attached hydrogens (tertiary/aromatic N) is 1. The molecule has 2 N–H and O–H groups in total. The average Bonchev–Trinajstić information content (AvgIpc) is 2.46. The molecule has 0 amide bonds. The lowest BCUT2D eigenvalue weighted by molar-refractivity contribution is 0.616. The highest BCUT2D eigenvalue weighted by atomic mass is 79.9. The zero-order chi connectivity index (χ0) is 14.1. The maximum absolute atomic E-state index is 13.2. The standard InChI is InChI=1S/C16H12BrFN2/c17-14-4-3-10-5-12(2-1-11(10)6-14)16(19)13-7-15(18)9-20-8-13/h1-9,16H,19H2. The molecule has 0 saturated carbocycles. The van der Waals surface area contributed by atoms with E-state index in [-0.39, 0.29) is 11.9 Å². The number of fused-ring (bicyclic) bond motifs is 1. The molecule has 1 aromatic heterocycles. The second kappa shape index (κ2) is 5.31. The van der Waals surface area contributed by atoms with Crippen LogP contribution in [0, 0.1) is 5.82 Å². The molecule has 0 aliphatic carbocycles. The van der Waals surface area contributed by atoms with Gasteiger partial charge in [-0.2, -0.15) is 0 Å². The van der Waals surface area contributed by atoms with Gasteiger partial charge in [-0.25, -0.2) is 4.39 Å². The Bertz CT molecular complexity index is 773. The van der Waals surface area contributed by atoms with E-state index in [0.29, 0.717) is 5.56 Å². The number of hydrogen-bond acceptors (Lipinski definition) is 2. The van der Waals surface area contributed by atoms with Gasteiger partial charge < -0.3 is 5.73 Å². The number of benzene rings is 2. The van der Waals surface area contributed by atoms with Crippen LogP contribution in [0.3, 0.4) is 0 Å². The SMILES string of the molecule is NC(c1cncc(F)c1)c1ccc2cc(Br)ccc2c1. The minimum absolute atomic E-state index is 0.373. The summed E-state index contributed by atoms with van der Waals surface area (Å²) in [4.78, 5) is 3.84. The summed E-state index contributed by atoms with van der Waals surface area (Å²) < 4.78 is 14.3. The van der Waals surface area contributed by atoms with Crippen LogP contribution in [-0.2, 0) is 0 Å². The van der Waals surface area contributed by atoms with E-state index in [1.54, 1.807) is 6.20 Å². The summed E-state index contributed by atoms with van der Waals surface area (Å²) in [6.07, 6.45) is 2.77. The third-order valence-corrected chi connectivity index (χ3v) is 3.76. The van der Waals surface area contributed by atoms with Gasteiger partial charge in [0.2, 0.25) is 0 Å². The summed E-state index contributed by atoms with van der Waals surface area (Å²) >= 11 is 3.45. The summed E-state index contributed by atoms with van der Waals surface area (Å²) in [5.41, 5.74) is 7.80. The first-order chi connectivity index (χ1) is 9.63. The largest absolute Gasteiger partial charge is 0.320 e. The molecule has 2 aromatic carbocycles. The van der Waals surface area contributed by atoms with Crippen molar-refractivity contribution in [3.8, 4) is 0 Å². The van der Waals surface area contributed by atoms with Gasteiger partial charge in [0.25, 0.3) is 0 Å². The fraction of sp³-hybridized carbons (Fsp3) is 0.0625. The van der Waals surface area contributed by atoms with Crippen LogP contribution in [0.4, 0.5) is 4.39 Å². The van der Waals surface area contributed by atoms with Crippen LogP contribution in [0.15, 0.2) is 59.3 Å². The van der Waals surface area contributed by atoms with Gasteiger partial charge in [0.15, 0.2) is 0 Å². The third kappa shape index (κ3) is 2.57. The van der Waals surface area contributed by atoms with Crippen LogP contribution >= 0.6 is 15.9 Å². The lowest BCUT2D eigenvalue weighted by Gasteiger charge is -2.13. The topological polar surface area (TPSA) is 38.9 Å². The molecule has 20 heavy (non-hydrogen) atoms. The van der Waals surface area contributed by atoms with E-state index in [1.165, 1.54) is 12.3 Å². The van der Waals surface area contributed by atoms with Gasteiger partial charge in [-0.1, -0.05) is 34.1 Å². The highest BCUT2D eigenvalue weighted by Gasteiger charge is 2.10. The summed E-state index contributed by atoms with van der Waals surface area (Å²) in [7, 11) is 0. The molecule has 0 aliphatic heterocycles. The Hall–Kier alpha value is -1.78. The van der Waals surface area contributed by atoms with E-state index < -0.39 is 0 Å². The Morgan fingerprint density at radius 3 is 2.50 bits per heavy atom. The highest BCUT2D eigenvalue weighted by Crippen LogP contribution is 2.25. The van der Waals surface area contributed by atoms with Crippen molar-refractivity contribution in [2.45, 2.75) is 6.04 Å². The lowest BCUT2D eigenvalue weighted by atomic mass is 9.98. The van der Waals surface area contributed by atoms with E-state index in [4.69, 9.17) is 5.73 Å². The minimum atomic E-state index is -0.383. The summed E-state index contributed by atoms with van der Waals surface area (Å²) in [6.45, 7) is 0. The smallest absolute Gasteiger partial charge is 0.141 e. The van der Waals surface area contributed by atoms with Crippen molar-refractivity contribution in [3.63, 3.8) is 0 Å². The molecule has 4 heteroatoms. The Morgan fingerprint density at radius 1 is 0.950 bits per heavy atom. The Kier molecular flexibility index (Phi) is 3.51. The molecule has 1 unspecified atom stereocenters. The van der Waals surface area contributed by atoms with Crippen molar-refractivity contribution in [2.24, 2.45) is 5.73 Å². The minimum Gasteiger partial charge on any atom is -0.320 e. The predicted octanol–water partition coefficient (Wildman–Crippen LogP) is 4.18. The zero-order valence-corrected chi connectivity index (χ0v) is 12.1. The third-order valence-electron chi connectivity index (χ3n) is 3.27. The van der Waals surface area contributed by atoms with Crippen LogP contribution in [-0.4, -0.2) is 4.98 Å². The maximum atomic E-state index is 13.2. The normalized spacial score (nSPS) is 12.6. The average molecular weight is 331 g/mol. The lowest BCUT2D eigenvalue weighted by Crippen LogP contribution is -2.12. The van der Waals surface area contributed by atoms with E-state index >= 15 is 0 Å². The number of aromatic nitrogens is 1. The molecular weight excluding hydrogens is 319 g/mol. The highest BCUT2D eigenvalue weighted by molar-refractivity contribution is 9.10. The van der Waals surface area contributed by atoms with Crippen molar-refractivity contribution >= 4 is 26.7 Å². The molecule has 0 bridgehead atoms. The van der Waals surface area contributed by atoms with E-state index in [9.17, 15) is 4.39 Å². The molecule has 0 fully saturated rings. The first-order valence-corrected chi connectivity index (χ1v) is 6.98. The number of pyridine rings is 1. The van der Waals surface area contributed by atoms with Crippen molar-refractivity contribution in [2.75, 3.05) is 0 Å². The van der Waals surface area contributed by atoms with Gasteiger partial charge in [-0.05, 0) is 46.2 Å². The number of hydrogen-bond donors (Lipinski definition) is 1. The molecule has 3 aromatic rings. The van der Waals surface area contributed by atoms with Crippen LogP contribution in [0.1, 0.15) is 17.2 Å². The Balaban J connectivity index is 2.03. The Labute approximate surface area is 124 Å². The molecule has 0 aliphatic rings. The van der Waals surface area contributed by atoms with Gasteiger partial charge >= 0.3 is 0 Å². The maximum Gasteiger partial charge on any atom is 0.141 e. The summed E-state index contributed by atoms with van der Waals surface area (Å²) in [5, 5.41) is 2.23. The van der Waals surface area contributed by atoms with Crippen LogP contribution < -0.4 is 5.73 Å². The molecule has 3 rings (SSSR count). The van der Waals surface area contributed by atoms with Crippen molar-refractivity contribution < 1.29 is 4.39 Å². The fourth-order valence-corrected chi connectivity index (χ4v) is 2.60. The van der Waals surface area contributed by atoms with Crippen LogP contribution in [0.2, 0.25) is 0 Å². The van der Waals surface area contributed by atoms with Crippen LogP contribution in [0.25, 0.3) is 10.8 Å².